The highest BCUT2D eigenvalue weighted by Gasteiger charge is 2.19. The Labute approximate surface area is 118 Å². The zero-order valence-electron chi connectivity index (χ0n) is 10.3. The number of hydrogen-bond donors (Lipinski definition) is 2. The SMILES string of the molecule is O=C(O)c1cc(NCCc2nccs2)ccc1[N+](=O)[O-]. The molecule has 2 aromatic rings. The summed E-state index contributed by atoms with van der Waals surface area (Å²) >= 11 is 1.54. The zero-order valence-corrected chi connectivity index (χ0v) is 11.1. The average Bonchev–Trinajstić information content (AvgIpc) is 2.91. The third kappa shape index (κ3) is 3.29. The van der Waals surface area contributed by atoms with Crippen molar-refractivity contribution in [2.75, 3.05) is 11.9 Å². The molecular formula is C12H11N3O4S. The molecule has 0 atom stereocenters. The zero-order chi connectivity index (χ0) is 14.5. The predicted molar refractivity (Wildman–Crippen MR) is 74.4 cm³/mol. The molecule has 1 aromatic heterocycles. The van der Waals surface area contributed by atoms with E-state index < -0.39 is 16.6 Å². The third-order valence-electron chi connectivity index (χ3n) is 2.58. The molecule has 0 spiro atoms. The van der Waals surface area contributed by atoms with E-state index in [4.69, 9.17) is 5.11 Å². The number of nitrogens with zero attached hydrogens (tertiary/aromatic N) is 2. The molecule has 2 N–H and O–H groups in total. The van der Waals surface area contributed by atoms with E-state index in [9.17, 15) is 14.9 Å². The standard InChI is InChI=1S/C12H11N3O4S/c16-12(17)9-7-8(1-2-10(9)15(18)19)13-4-3-11-14-5-6-20-11/h1-2,5-7,13H,3-4H2,(H,16,17). The molecule has 1 heterocycles. The van der Waals surface area contributed by atoms with Crippen molar-refractivity contribution in [1.29, 1.82) is 0 Å². The Balaban J connectivity index is 2.07. The molecule has 0 aliphatic carbocycles. The number of nitrogens with one attached hydrogen (secondary N) is 1. The summed E-state index contributed by atoms with van der Waals surface area (Å²) in [4.78, 5) is 25.1. The van der Waals surface area contributed by atoms with Crippen molar-refractivity contribution in [3.05, 3.63) is 50.5 Å². The normalized spacial score (nSPS) is 10.2. The van der Waals surface area contributed by atoms with Crippen molar-refractivity contribution in [1.82, 2.24) is 4.98 Å². The van der Waals surface area contributed by atoms with E-state index >= 15 is 0 Å². The summed E-state index contributed by atoms with van der Waals surface area (Å²) in [5, 5.41) is 25.6. The minimum absolute atomic E-state index is 0.325. The number of anilines is 1. The lowest BCUT2D eigenvalue weighted by Gasteiger charge is -2.06. The second-order valence-electron chi connectivity index (χ2n) is 3.90. The average molecular weight is 293 g/mol. The van der Waals surface area contributed by atoms with Gasteiger partial charge in [0.05, 0.1) is 9.93 Å². The summed E-state index contributed by atoms with van der Waals surface area (Å²) in [6.07, 6.45) is 2.42. The lowest BCUT2D eigenvalue weighted by atomic mass is 10.1. The van der Waals surface area contributed by atoms with Crippen LogP contribution in [0.5, 0.6) is 0 Å². The Bertz CT molecular complexity index is 628. The maximum absolute atomic E-state index is 11.0. The van der Waals surface area contributed by atoms with E-state index in [1.807, 2.05) is 5.38 Å². The van der Waals surface area contributed by atoms with E-state index in [0.717, 1.165) is 5.01 Å². The van der Waals surface area contributed by atoms with Crippen LogP contribution in [-0.2, 0) is 6.42 Å². The van der Waals surface area contributed by atoms with Crippen LogP contribution >= 0.6 is 11.3 Å². The lowest BCUT2D eigenvalue weighted by molar-refractivity contribution is -0.385. The van der Waals surface area contributed by atoms with E-state index in [0.29, 0.717) is 18.7 Å². The molecule has 0 aliphatic rings. The molecule has 0 unspecified atom stereocenters. The molecule has 0 bridgehead atoms. The van der Waals surface area contributed by atoms with Gasteiger partial charge >= 0.3 is 5.97 Å². The third-order valence-corrected chi connectivity index (χ3v) is 3.41. The van der Waals surface area contributed by atoms with Gasteiger partial charge in [-0.2, -0.15) is 0 Å². The Hall–Kier alpha value is -2.48. The predicted octanol–water partition coefficient (Wildman–Crippen LogP) is 2.40. The van der Waals surface area contributed by atoms with Crippen molar-refractivity contribution >= 4 is 28.7 Å². The van der Waals surface area contributed by atoms with Crippen LogP contribution in [0.3, 0.4) is 0 Å². The summed E-state index contributed by atoms with van der Waals surface area (Å²) in [7, 11) is 0. The first-order chi connectivity index (χ1) is 9.58. The fraction of sp³-hybridized carbons (Fsp3) is 0.167. The number of carboxylic acids is 1. The summed E-state index contributed by atoms with van der Waals surface area (Å²) in [6.45, 7) is 0.574. The molecule has 0 saturated carbocycles. The molecule has 1 aromatic carbocycles. The van der Waals surface area contributed by atoms with Crippen LogP contribution in [-0.4, -0.2) is 27.5 Å². The van der Waals surface area contributed by atoms with Crippen LogP contribution < -0.4 is 5.32 Å². The molecule has 0 radical (unpaired) electrons. The van der Waals surface area contributed by atoms with Crippen LogP contribution in [0.15, 0.2) is 29.8 Å². The number of carbonyl (C=O) groups is 1. The highest BCUT2D eigenvalue weighted by Crippen LogP contribution is 2.22. The fourth-order valence-electron chi connectivity index (χ4n) is 1.67. The Morgan fingerprint density at radius 3 is 2.90 bits per heavy atom. The first-order valence-corrected chi connectivity index (χ1v) is 6.60. The highest BCUT2D eigenvalue weighted by molar-refractivity contribution is 7.09. The monoisotopic (exact) mass is 293 g/mol. The molecule has 20 heavy (non-hydrogen) atoms. The molecule has 0 fully saturated rings. The van der Waals surface area contributed by atoms with Gasteiger partial charge in [0.2, 0.25) is 0 Å². The maximum atomic E-state index is 11.0. The number of aromatic nitrogens is 1. The summed E-state index contributed by atoms with van der Waals surface area (Å²) in [5.41, 5.74) is -0.207. The number of hydrogen-bond acceptors (Lipinski definition) is 6. The molecule has 8 heteroatoms. The van der Waals surface area contributed by atoms with Crippen molar-refractivity contribution in [2.24, 2.45) is 0 Å². The van der Waals surface area contributed by atoms with Crippen molar-refractivity contribution in [2.45, 2.75) is 6.42 Å². The maximum Gasteiger partial charge on any atom is 0.342 e. The van der Waals surface area contributed by atoms with Gasteiger partial charge in [0.15, 0.2) is 0 Å². The second kappa shape index (κ2) is 6.11. The van der Waals surface area contributed by atoms with Gasteiger partial charge < -0.3 is 10.4 Å². The molecule has 0 aliphatic heterocycles. The van der Waals surface area contributed by atoms with Gasteiger partial charge in [-0.25, -0.2) is 9.78 Å². The molecule has 2 rings (SSSR count). The number of thiazole rings is 1. The Morgan fingerprint density at radius 1 is 1.50 bits per heavy atom. The molecular weight excluding hydrogens is 282 g/mol. The number of benzene rings is 1. The Kier molecular flexibility index (Phi) is 4.26. The van der Waals surface area contributed by atoms with E-state index in [1.54, 1.807) is 6.20 Å². The van der Waals surface area contributed by atoms with Crippen molar-refractivity contribution < 1.29 is 14.8 Å². The summed E-state index contributed by atoms with van der Waals surface area (Å²) in [6, 6.07) is 3.95. The molecule has 104 valence electrons. The molecule has 7 nitrogen and oxygen atoms in total. The minimum Gasteiger partial charge on any atom is -0.477 e. The van der Waals surface area contributed by atoms with Crippen molar-refractivity contribution in [3.8, 4) is 0 Å². The van der Waals surface area contributed by atoms with Crippen LogP contribution in [0.2, 0.25) is 0 Å². The van der Waals surface area contributed by atoms with Gasteiger partial charge in [-0.15, -0.1) is 11.3 Å². The van der Waals surface area contributed by atoms with Crippen molar-refractivity contribution in [3.63, 3.8) is 0 Å². The van der Waals surface area contributed by atoms with Gasteiger partial charge in [0.25, 0.3) is 5.69 Å². The van der Waals surface area contributed by atoms with E-state index in [1.165, 1.54) is 29.5 Å². The van der Waals surface area contributed by atoms with E-state index in [2.05, 4.69) is 10.3 Å². The van der Waals surface area contributed by atoms with E-state index in [-0.39, 0.29) is 5.56 Å². The number of nitro benzene ring substituents is 1. The van der Waals surface area contributed by atoms with Gasteiger partial charge in [-0.3, -0.25) is 10.1 Å². The van der Waals surface area contributed by atoms with Gasteiger partial charge in [-0.05, 0) is 12.1 Å². The number of carboxylic acid groups (broad SMARTS) is 1. The molecule has 0 amide bonds. The number of aromatic carboxylic acids is 1. The van der Waals surface area contributed by atoms with Gasteiger partial charge in [0.1, 0.15) is 5.56 Å². The van der Waals surface area contributed by atoms with Gasteiger partial charge in [0, 0.05) is 36.3 Å². The first-order valence-electron chi connectivity index (χ1n) is 5.72. The second-order valence-corrected chi connectivity index (χ2v) is 4.88. The fourth-order valence-corrected chi connectivity index (χ4v) is 2.29. The smallest absolute Gasteiger partial charge is 0.342 e. The minimum atomic E-state index is -1.32. The van der Waals surface area contributed by atoms with Crippen LogP contribution in [0, 0.1) is 10.1 Å². The largest absolute Gasteiger partial charge is 0.477 e. The molecule has 0 saturated heterocycles. The Morgan fingerprint density at radius 2 is 2.30 bits per heavy atom. The number of nitro groups is 1. The highest BCUT2D eigenvalue weighted by atomic mass is 32.1. The van der Waals surface area contributed by atoms with Crippen LogP contribution in [0.4, 0.5) is 11.4 Å². The summed E-state index contributed by atoms with van der Waals surface area (Å²) < 4.78 is 0. The van der Waals surface area contributed by atoms with Crippen LogP contribution in [0.1, 0.15) is 15.4 Å². The van der Waals surface area contributed by atoms with Crippen LogP contribution in [0.25, 0.3) is 0 Å². The topological polar surface area (TPSA) is 105 Å². The summed E-state index contributed by atoms with van der Waals surface area (Å²) in [5.74, 6) is -1.32. The van der Waals surface area contributed by atoms with Gasteiger partial charge in [-0.1, -0.05) is 0 Å². The lowest BCUT2D eigenvalue weighted by Crippen LogP contribution is -2.07. The quantitative estimate of drug-likeness (QED) is 0.626. The first kappa shape index (κ1) is 13.9. The number of rotatable bonds is 6.